The lowest BCUT2D eigenvalue weighted by Crippen LogP contribution is -2.49. The first-order chi connectivity index (χ1) is 13.5. The van der Waals surface area contributed by atoms with Gasteiger partial charge >= 0.3 is 5.97 Å². The highest BCUT2D eigenvalue weighted by atomic mass is 16.5. The van der Waals surface area contributed by atoms with Gasteiger partial charge in [0.05, 0.1) is 5.56 Å². The van der Waals surface area contributed by atoms with Crippen molar-refractivity contribution in [2.45, 2.75) is 6.92 Å². The molecule has 0 saturated carbocycles. The summed E-state index contributed by atoms with van der Waals surface area (Å²) in [6, 6.07) is 16.5. The summed E-state index contributed by atoms with van der Waals surface area (Å²) >= 11 is 0. The van der Waals surface area contributed by atoms with E-state index < -0.39 is 5.97 Å². The van der Waals surface area contributed by atoms with Gasteiger partial charge in [0.25, 0.3) is 5.91 Å². The minimum atomic E-state index is -0.594. The van der Waals surface area contributed by atoms with Gasteiger partial charge in [-0.1, -0.05) is 24.3 Å². The first kappa shape index (κ1) is 19.4. The number of nitrogens with zero attached hydrogens (tertiary/aromatic N) is 2. The number of benzene rings is 2. The normalized spacial score (nSPS) is 13.8. The maximum Gasteiger partial charge on any atom is 0.338 e. The molecular formula is C21H23N3O4. The molecule has 1 heterocycles. The summed E-state index contributed by atoms with van der Waals surface area (Å²) in [6.07, 6.45) is 0. The van der Waals surface area contributed by atoms with E-state index in [1.165, 1.54) is 13.0 Å². The maximum atomic E-state index is 12.4. The third-order valence-electron chi connectivity index (χ3n) is 4.50. The Bertz CT molecular complexity index is 846. The minimum absolute atomic E-state index is 0.209. The molecule has 1 aliphatic rings. The van der Waals surface area contributed by atoms with Crippen molar-refractivity contribution in [2.24, 2.45) is 0 Å². The molecule has 7 nitrogen and oxygen atoms in total. The molecule has 1 aliphatic heterocycles. The van der Waals surface area contributed by atoms with E-state index in [-0.39, 0.29) is 24.0 Å². The predicted octanol–water partition coefficient (Wildman–Crippen LogP) is 2.15. The number of para-hydroxylation sites is 1. The molecule has 1 saturated heterocycles. The third kappa shape index (κ3) is 5.09. The Hall–Kier alpha value is -3.35. The molecule has 146 valence electrons. The number of hydrogen-bond donors (Lipinski definition) is 1. The van der Waals surface area contributed by atoms with E-state index in [0.717, 1.165) is 18.8 Å². The summed E-state index contributed by atoms with van der Waals surface area (Å²) in [5.41, 5.74) is 1.93. The van der Waals surface area contributed by atoms with Crippen molar-refractivity contribution in [3.8, 4) is 0 Å². The third-order valence-corrected chi connectivity index (χ3v) is 4.50. The fourth-order valence-electron chi connectivity index (χ4n) is 3.08. The fraction of sp³-hybridized carbons (Fsp3) is 0.286. The number of hydrogen-bond acceptors (Lipinski definition) is 5. The molecule has 28 heavy (non-hydrogen) atoms. The van der Waals surface area contributed by atoms with Crippen LogP contribution in [0.25, 0.3) is 0 Å². The van der Waals surface area contributed by atoms with Gasteiger partial charge in [-0.3, -0.25) is 9.59 Å². The number of anilines is 2. The molecule has 0 aliphatic carbocycles. The average Bonchev–Trinajstić information content (AvgIpc) is 2.72. The van der Waals surface area contributed by atoms with Crippen LogP contribution in [0.15, 0.2) is 54.6 Å². The fourth-order valence-corrected chi connectivity index (χ4v) is 3.08. The van der Waals surface area contributed by atoms with Crippen molar-refractivity contribution < 1.29 is 19.1 Å². The van der Waals surface area contributed by atoms with Crippen LogP contribution in [0.4, 0.5) is 11.4 Å². The zero-order chi connectivity index (χ0) is 19.9. The first-order valence-electron chi connectivity index (χ1n) is 9.15. The first-order valence-corrected chi connectivity index (χ1v) is 9.15. The van der Waals surface area contributed by atoms with Crippen LogP contribution >= 0.6 is 0 Å². The molecule has 2 aromatic carbocycles. The second-order valence-corrected chi connectivity index (χ2v) is 6.54. The second-order valence-electron chi connectivity index (χ2n) is 6.54. The van der Waals surface area contributed by atoms with Gasteiger partial charge in [-0.25, -0.2) is 4.79 Å². The van der Waals surface area contributed by atoms with E-state index in [1.807, 2.05) is 30.3 Å². The Balaban J connectivity index is 1.48. The second kappa shape index (κ2) is 9.03. The topological polar surface area (TPSA) is 78.9 Å². The van der Waals surface area contributed by atoms with E-state index in [4.69, 9.17) is 4.74 Å². The van der Waals surface area contributed by atoms with E-state index >= 15 is 0 Å². The zero-order valence-electron chi connectivity index (χ0n) is 15.8. The summed E-state index contributed by atoms with van der Waals surface area (Å²) < 4.78 is 5.16. The summed E-state index contributed by atoms with van der Waals surface area (Å²) in [6.45, 7) is 3.74. The molecule has 0 atom stereocenters. The zero-order valence-corrected chi connectivity index (χ0v) is 15.8. The Morgan fingerprint density at radius 2 is 1.68 bits per heavy atom. The van der Waals surface area contributed by atoms with Crippen molar-refractivity contribution in [1.29, 1.82) is 0 Å². The maximum absolute atomic E-state index is 12.4. The molecule has 0 spiro atoms. The average molecular weight is 381 g/mol. The van der Waals surface area contributed by atoms with Crippen LogP contribution in [0, 0.1) is 0 Å². The predicted molar refractivity (Wildman–Crippen MR) is 106 cm³/mol. The van der Waals surface area contributed by atoms with Crippen LogP contribution in [-0.4, -0.2) is 55.5 Å². The summed E-state index contributed by atoms with van der Waals surface area (Å²) in [7, 11) is 0. The van der Waals surface area contributed by atoms with Crippen LogP contribution in [0.2, 0.25) is 0 Å². The number of esters is 1. The van der Waals surface area contributed by atoms with Crippen molar-refractivity contribution >= 4 is 29.2 Å². The number of amides is 2. The van der Waals surface area contributed by atoms with Gasteiger partial charge in [-0.2, -0.15) is 0 Å². The molecule has 0 radical (unpaired) electrons. The SMILES string of the molecule is CC(=O)Nc1cccc(C(=O)OCC(=O)N2CCN(c3ccccc3)CC2)c1. The van der Waals surface area contributed by atoms with E-state index in [9.17, 15) is 14.4 Å². The quantitative estimate of drug-likeness (QED) is 0.803. The number of carbonyl (C=O) groups excluding carboxylic acids is 3. The largest absolute Gasteiger partial charge is 0.452 e. The molecule has 1 fully saturated rings. The summed E-state index contributed by atoms with van der Waals surface area (Å²) in [5, 5.41) is 2.61. The molecule has 3 rings (SSSR count). The Kier molecular flexibility index (Phi) is 6.26. The monoisotopic (exact) mass is 381 g/mol. The summed E-state index contributed by atoms with van der Waals surface area (Å²) in [4.78, 5) is 39.6. The van der Waals surface area contributed by atoms with Gasteiger partial charge in [0.2, 0.25) is 5.91 Å². The van der Waals surface area contributed by atoms with E-state index in [1.54, 1.807) is 23.1 Å². The lowest BCUT2D eigenvalue weighted by molar-refractivity contribution is -0.134. The number of carbonyl (C=O) groups is 3. The van der Waals surface area contributed by atoms with E-state index in [0.29, 0.717) is 18.8 Å². The van der Waals surface area contributed by atoms with Gasteiger partial charge < -0.3 is 19.9 Å². The number of rotatable bonds is 5. The molecule has 0 aromatic heterocycles. The van der Waals surface area contributed by atoms with Crippen molar-refractivity contribution in [3.63, 3.8) is 0 Å². The van der Waals surface area contributed by atoms with Crippen molar-refractivity contribution in [3.05, 3.63) is 60.2 Å². The molecule has 1 N–H and O–H groups in total. The molecule has 2 aromatic rings. The summed E-state index contributed by atoms with van der Waals surface area (Å²) in [5.74, 6) is -1.03. The Morgan fingerprint density at radius 3 is 2.36 bits per heavy atom. The minimum Gasteiger partial charge on any atom is -0.452 e. The van der Waals surface area contributed by atoms with Gasteiger partial charge in [0.1, 0.15) is 0 Å². The van der Waals surface area contributed by atoms with Crippen LogP contribution in [0.1, 0.15) is 17.3 Å². The van der Waals surface area contributed by atoms with Crippen LogP contribution < -0.4 is 10.2 Å². The van der Waals surface area contributed by atoms with Gasteiger partial charge in [-0.15, -0.1) is 0 Å². The highest BCUT2D eigenvalue weighted by molar-refractivity contribution is 5.94. The van der Waals surface area contributed by atoms with Crippen molar-refractivity contribution in [2.75, 3.05) is 43.0 Å². The standard InChI is InChI=1S/C21H23N3O4/c1-16(25)22-18-7-5-6-17(14-18)21(27)28-15-20(26)24-12-10-23(11-13-24)19-8-3-2-4-9-19/h2-9,14H,10-13,15H2,1H3,(H,22,25). The lowest BCUT2D eigenvalue weighted by Gasteiger charge is -2.36. The van der Waals surface area contributed by atoms with Crippen LogP contribution in [-0.2, 0) is 14.3 Å². The van der Waals surface area contributed by atoms with Crippen LogP contribution in [0.3, 0.4) is 0 Å². The molecule has 0 bridgehead atoms. The molecule has 7 heteroatoms. The number of piperazine rings is 1. The number of nitrogens with one attached hydrogen (secondary N) is 1. The van der Waals surface area contributed by atoms with Gasteiger partial charge in [0.15, 0.2) is 6.61 Å². The lowest BCUT2D eigenvalue weighted by atomic mass is 10.2. The number of ether oxygens (including phenoxy) is 1. The smallest absolute Gasteiger partial charge is 0.338 e. The van der Waals surface area contributed by atoms with Crippen molar-refractivity contribution in [1.82, 2.24) is 4.90 Å². The Labute approximate surface area is 163 Å². The molecule has 2 amide bonds. The highest BCUT2D eigenvalue weighted by Gasteiger charge is 2.22. The Morgan fingerprint density at radius 1 is 0.964 bits per heavy atom. The molecule has 0 unspecified atom stereocenters. The molecular weight excluding hydrogens is 358 g/mol. The van der Waals surface area contributed by atoms with Gasteiger partial charge in [0, 0.05) is 44.5 Å². The highest BCUT2D eigenvalue weighted by Crippen LogP contribution is 2.16. The van der Waals surface area contributed by atoms with E-state index in [2.05, 4.69) is 10.2 Å². The van der Waals surface area contributed by atoms with Gasteiger partial charge in [-0.05, 0) is 30.3 Å². The van der Waals surface area contributed by atoms with Crippen LogP contribution in [0.5, 0.6) is 0 Å².